The number of carbonyl (C=O) groups is 1. The topological polar surface area (TPSA) is 34.9 Å². The van der Waals surface area contributed by atoms with Gasteiger partial charge in [0.15, 0.2) is 5.78 Å². The quantitative estimate of drug-likeness (QED) is 0.622. The maximum absolute atomic E-state index is 13.4. The Morgan fingerprint density at radius 2 is 1.96 bits per heavy atom. The fraction of sp³-hybridized carbons (Fsp3) is 0.750. The fourth-order valence-electron chi connectivity index (χ4n) is 7.81. The molecule has 5 rings (SSSR count). The Bertz CT molecular complexity index is 792. The Morgan fingerprint density at radius 1 is 1.11 bits per heavy atom. The number of Topliss-reactive ketones (excluding diaryl/α,β-unsaturated/α-hetero) is 1. The summed E-state index contributed by atoms with van der Waals surface area (Å²) >= 11 is 0. The van der Waals surface area contributed by atoms with Gasteiger partial charge in [-0.15, -0.1) is 0 Å². The van der Waals surface area contributed by atoms with Gasteiger partial charge in [-0.3, -0.25) is 9.48 Å². The summed E-state index contributed by atoms with van der Waals surface area (Å²) in [6, 6.07) is 0. The number of hydrogen-bond donors (Lipinski definition) is 0. The normalized spacial score (nSPS) is 45.4. The lowest BCUT2D eigenvalue weighted by Gasteiger charge is -2.59. The summed E-state index contributed by atoms with van der Waals surface area (Å²) in [5.74, 6) is 3.54. The molecule has 4 saturated carbocycles. The zero-order valence-electron chi connectivity index (χ0n) is 17.2. The number of hydrogen-bond acceptors (Lipinski definition) is 2. The molecule has 3 heteroatoms. The van der Waals surface area contributed by atoms with E-state index in [9.17, 15) is 4.79 Å². The van der Waals surface area contributed by atoms with Crippen LogP contribution in [0, 0.1) is 34.5 Å². The van der Waals surface area contributed by atoms with E-state index < -0.39 is 0 Å². The highest BCUT2D eigenvalue weighted by Crippen LogP contribution is 2.66. The SMILES string of the molecule is Cn1cc(/C=C2/C[C@@H]3[C@H]4CC[C@@H]5CCCC[C@]5(C)[C@@H]4CC[C@]3(C)C2=O)cn1. The third-order valence-electron chi connectivity index (χ3n) is 9.29. The van der Waals surface area contributed by atoms with E-state index in [0.29, 0.717) is 17.1 Å². The third kappa shape index (κ3) is 2.53. The van der Waals surface area contributed by atoms with Crippen molar-refractivity contribution in [3.8, 4) is 0 Å². The number of rotatable bonds is 1. The predicted molar refractivity (Wildman–Crippen MR) is 108 cm³/mol. The zero-order chi connectivity index (χ0) is 18.8. The molecular weight excluding hydrogens is 332 g/mol. The van der Waals surface area contributed by atoms with Gasteiger partial charge in [0, 0.05) is 24.2 Å². The summed E-state index contributed by atoms with van der Waals surface area (Å²) in [4.78, 5) is 13.4. The van der Waals surface area contributed by atoms with E-state index in [2.05, 4.69) is 25.0 Å². The van der Waals surface area contributed by atoms with Gasteiger partial charge in [-0.1, -0.05) is 26.7 Å². The summed E-state index contributed by atoms with van der Waals surface area (Å²) in [5, 5.41) is 4.27. The van der Waals surface area contributed by atoms with Crippen LogP contribution in [0.5, 0.6) is 0 Å². The second kappa shape index (κ2) is 6.06. The molecule has 4 fully saturated rings. The van der Waals surface area contributed by atoms with Crippen LogP contribution in [0.2, 0.25) is 0 Å². The molecule has 0 spiro atoms. The Balaban J connectivity index is 1.46. The number of aryl methyl sites for hydroxylation is 1. The van der Waals surface area contributed by atoms with Crippen molar-refractivity contribution in [2.24, 2.45) is 41.5 Å². The Labute approximate surface area is 163 Å². The molecule has 0 aromatic carbocycles. The molecule has 146 valence electrons. The van der Waals surface area contributed by atoms with Gasteiger partial charge in [0.1, 0.15) is 0 Å². The summed E-state index contributed by atoms with van der Waals surface area (Å²) in [6.07, 6.45) is 17.9. The summed E-state index contributed by atoms with van der Waals surface area (Å²) in [7, 11) is 1.94. The molecule has 6 atom stereocenters. The van der Waals surface area contributed by atoms with E-state index in [-0.39, 0.29) is 5.41 Å². The van der Waals surface area contributed by atoms with Crippen LogP contribution in [-0.2, 0) is 11.8 Å². The molecular formula is C24H34N2O. The maximum Gasteiger partial charge on any atom is 0.165 e. The fourth-order valence-corrected chi connectivity index (χ4v) is 7.81. The molecule has 0 amide bonds. The van der Waals surface area contributed by atoms with Crippen LogP contribution in [0.15, 0.2) is 18.0 Å². The number of fused-ring (bicyclic) bond motifs is 5. The lowest BCUT2D eigenvalue weighted by Crippen LogP contribution is -2.52. The molecule has 4 aliphatic carbocycles. The molecule has 3 nitrogen and oxygen atoms in total. The number of carbonyl (C=O) groups excluding carboxylic acids is 1. The smallest absolute Gasteiger partial charge is 0.165 e. The maximum atomic E-state index is 13.4. The number of nitrogens with zero attached hydrogens (tertiary/aromatic N) is 2. The van der Waals surface area contributed by atoms with E-state index >= 15 is 0 Å². The second-order valence-corrected chi connectivity index (χ2v) is 10.5. The van der Waals surface area contributed by atoms with Gasteiger partial charge in [-0.05, 0) is 85.7 Å². The van der Waals surface area contributed by atoms with Crippen LogP contribution in [0.1, 0.15) is 77.2 Å². The minimum absolute atomic E-state index is 0.118. The Hall–Kier alpha value is -1.38. The average Bonchev–Trinajstić information content (AvgIpc) is 3.16. The minimum Gasteiger partial charge on any atom is -0.294 e. The lowest BCUT2D eigenvalue weighted by atomic mass is 9.45. The van der Waals surface area contributed by atoms with E-state index in [1.165, 1.54) is 44.9 Å². The van der Waals surface area contributed by atoms with Crippen molar-refractivity contribution >= 4 is 11.9 Å². The molecule has 0 radical (unpaired) electrons. The average molecular weight is 367 g/mol. The van der Waals surface area contributed by atoms with Crippen molar-refractivity contribution in [2.75, 3.05) is 0 Å². The van der Waals surface area contributed by atoms with Crippen LogP contribution in [0.25, 0.3) is 6.08 Å². The number of allylic oxidation sites excluding steroid dienone is 1. The minimum atomic E-state index is -0.118. The first-order valence-corrected chi connectivity index (χ1v) is 11.2. The summed E-state index contributed by atoms with van der Waals surface area (Å²) in [6.45, 7) is 4.90. The van der Waals surface area contributed by atoms with Crippen LogP contribution in [0.4, 0.5) is 0 Å². The van der Waals surface area contributed by atoms with Crippen LogP contribution >= 0.6 is 0 Å². The monoisotopic (exact) mass is 366 g/mol. The van der Waals surface area contributed by atoms with Crippen molar-refractivity contribution in [3.63, 3.8) is 0 Å². The van der Waals surface area contributed by atoms with E-state index in [0.717, 1.165) is 41.7 Å². The molecule has 0 aliphatic heterocycles. The largest absolute Gasteiger partial charge is 0.294 e. The van der Waals surface area contributed by atoms with Crippen molar-refractivity contribution < 1.29 is 4.79 Å². The van der Waals surface area contributed by atoms with Crippen molar-refractivity contribution in [3.05, 3.63) is 23.5 Å². The Kier molecular flexibility index (Phi) is 3.97. The highest BCUT2D eigenvalue weighted by molar-refractivity contribution is 6.05. The first-order chi connectivity index (χ1) is 12.9. The third-order valence-corrected chi connectivity index (χ3v) is 9.29. The molecule has 4 aliphatic rings. The highest BCUT2D eigenvalue weighted by Gasteiger charge is 2.60. The molecule has 0 unspecified atom stereocenters. The molecule has 1 aromatic heterocycles. The Morgan fingerprint density at radius 3 is 2.74 bits per heavy atom. The van der Waals surface area contributed by atoms with Crippen LogP contribution in [0.3, 0.4) is 0 Å². The summed E-state index contributed by atoms with van der Waals surface area (Å²) < 4.78 is 1.82. The van der Waals surface area contributed by atoms with Crippen LogP contribution < -0.4 is 0 Å². The van der Waals surface area contributed by atoms with Crippen LogP contribution in [-0.4, -0.2) is 15.6 Å². The van der Waals surface area contributed by atoms with Gasteiger partial charge in [-0.25, -0.2) is 0 Å². The molecule has 0 bridgehead atoms. The lowest BCUT2D eigenvalue weighted by molar-refractivity contribution is -0.137. The molecule has 0 N–H and O–H groups in total. The molecule has 1 aromatic rings. The molecule has 27 heavy (non-hydrogen) atoms. The van der Waals surface area contributed by atoms with E-state index in [1.807, 2.05) is 24.1 Å². The van der Waals surface area contributed by atoms with Crippen molar-refractivity contribution in [2.45, 2.75) is 71.6 Å². The summed E-state index contributed by atoms with van der Waals surface area (Å²) in [5.41, 5.74) is 2.56. The van der Waals surface area contributed by atoms with Gasteiger partial charge >= 0.3 is 0 Å². The van der Waals surface area contributed by atoms with Crippen molar-refractivity contribution in [1.29, 1.82) is 0 Å². The number of ketones is 1. The number of aromatic nitrogens is 2. The highest BCUT2D eigenvalue weighted by atomic mass is 16.1. The van der Waals surface area contributed by atoms with Gasteiger partial charge in [0.2, 0.25) is 0 Å². The van der Waals surface area contributed by atoms with Gasteiger partial charge in [0.25, 0.3) is 0 Å². The first kappa shape index (κ1) is 17.7. The van der Waals surface area contributed by atoms with E-state index in [4.69, 9.17) is 0 Å². The molecule has 1 heterocycles. The van der Waals surface area contributed by atoms with Gasteiger partial charge in [-0.2, -0.15) is 5.10 Å². The van der Waals surface area contributed by atoms with Gasteiger partial charge < -0.3 is 0 Å². The second-order valence-electron chi connectivity index (χ2n) is 10.5. The van der Waals surface area contributed by atoms with E-state index in [1.54, 1.807) is 0 Å². The first-order valence-electron chi connectivity index (χ1n) is 11.2. The van der Waals surface area contributed by atoms with Gasteiger partial charge in [0.05, 0.1) is 6.20 Å². The standard InChI is InChI=1S/C24H34N2O/c1-23-10-5-4-6-18(23)7-8-19-20(23)9-11-24(2)21(19)13-17(22(24)27)12-16-14-25-26(3)15-16/h12,14-15,18-21H,4-11,13H2,1-3H3/b17-12-/t18-,19-,20+,21+,23-,24-/m0/s1. The van der Waals surface area contributed by atoms with Crippen molar-refractivity contribution in [1.82, 2.24) is 9.78 Å². The predicted octanol–water partition coefficient (Wildman–Crippen LogP) is 5.42. The molecule has 0 saturated heterocycles. The zero-order valence-corrected chi connectivity index (χ0v) is 17.2.